The van der Waals surface area contributed by atoms with Crippen molar-refractivity contribution < 1.29 is 4.79 Å². The second-order valence-corrected chi connectivity index (χ2v) is 6.60. The molecule has 2 aromatic rings. The van der Waals surface area contributed by atoms with E-state index in [2.05, 4.69) is 39.6 Å². The Morgan fingerprint density at radius 1 is 1.23 bits per heavy atom. The zero-order valence-corrected chi connectivity index (χ0v) is 12.8. The smallest absolute Gasteiger partial charge is 0.227 e. The van der Waals surface area contributed by atoms with Gasteiger partial charge in [-0.3, -0.25) is 4.79 Å². The van der Waals surface area contributed by atoms with E-state index >= 15 is 0 Å². The topological polar surface area (TPSA) is 48.1 Å². The molecular formula is C18H23N3O. The average molecular weight is 297 g/mol. The molecular weight excluding hydrogens is 274 g/mol. The molecule has 2 aliphatic rings. The highest BCUT2D eigenvalue weighted by atomic mass is 16.2. The number of H-pyrrole nitrogens is 1. The quantitative estimate of drug-likeness (QED) is 0.911. The van der Waals surface area contributed by atoms with Crippen LogP contribution in [0.1, 0.15) is 31.2 Å². The average Bonchev–Trinajstić information content (AvgIpc) is 3.34. The van der Waals surface area contributed by atoms with Gasteiger partial charge in [0.15, 0.2) is 0 Å². The van der Waals surface area contributed by atoms with Crippen molar-refractivity contribution in [1.82, 2.24) is 15.2 Å². The summed E-state index contributed by atoms with van der Waals surface area (Å²) >= 11 is 0. The predicted octanol–water partition coefficient (Wildman–Crippen LogP) is 2.66. The molecule has 1 aromatic heterocycles. The highest BCUT2D eigenvalue weighted by Crippen LogP contribution is 2.32. The summed E-state index contributed by atoms with van der Waals surface area (Å²) in [4.78, 5) is 18.4. The number of benzene rings is 1. The number of nitrogens with one attached hydrogen (secondary N) is 2. The van der Waals surface area contributed by atoms with E-state index in [-0.39, 0.29) is 5.92 Å². The molecule has 0 unspecified atom stereocenters. The Balaban J connectivity index is 1.56. The van der Waals surface area contributed by atoms with E-state index in [4.69, 9.17) is 0 Å². The van der Waals surface area contributed by atoms with E-state index in [9.17, 15) is 4.79 Å². The largest absolute Gasteiger partial charge is 0.361 e. The molecule has 0 bridgehead atoms. The SMILES string of the molecule is O=C([C@@H]1CCCNC1)N(Cc1c[nH]c2ccccc12)C1CC1. The molecule has 1 atom stereocenters. The minimum absolute atomic E-state index is 0.166. The summed E-state index contributed by atoms with van der Waals surface area (Å²) in [6.45, 7) is 2.63. The molecule has 1 amide bonds. The minimum Gasteiger partial charge on any atom is -0.361 e. The molecule has 4 heteroatoms. The molecule has 22 heavy (non-hydrogen) atoms. The van der Waals surface area contributed by atoms with Crippen LogP contribution in [0.25, 0.3) is 10.9 Å². The Bertz CT molecular complexity index is 668. The molecule has 116 valence electrons. The molecule has 1 aromatic carbocycles. The molecule has 2 N–H and O–H groups in total. The monoisotopic (exact) mass is 297 g/mol. The highest BCUT2D eigenvalue weighted by Gasteiger charge is 2.36. The lowest BCUT2D eigenvalue weighted by atomic mass is 9.97. The van der Waals surface area contributed by atoms with E-state index in [1.54, 1.807) is 0 Å². The van der Waals surface area contributed by atoms with Crippen LogP contribution in [0.4, 0.5) is 0 Å². The third kappa shape index (κ3) is 2.63. The number of rotatable bonds is 4. The molecule has 1 aliphatic carbocycles. The molecule has 1 aliphatic heterocycles. The molecule has 1 saturated heterocycles. The van der Waals surface area contributed by atoms with Crippen molar-refractivity contribution in [3.63, 3.8) is 0 Å². The number of aromatic amines is 1. The van der Waals surface area contributed by atoms with Crippen molar-refractivity contribution in [2.45, 2.75) is 38.3 Å². The van der Waals surface area contributed by atoms with Crippen molar-refractivity contribution in [2.75, 3.05) is 13.1 Å². The standard InChI is InChI=1S/C18H23N3O/c22-18(13-4-3-9-19-10-13)21(15-7-8-15)12-14-11-20-17-6-2-1-5-16(14)17/h1-2,5-6,11,13,15,19-20H,3-4,7-10,12H2/t13-/m1/s1. The summed E-state index contributed by atoms with van der Waals surface area (Å²) in [6, 6.07) is 8.79. The number of hydrogen-bond donors (Lipinski definition) is 2. The van der Waals surface area contributed by atoms with E-state index in [0.717, 1.165) is 50.8 Å². The molecule has 0 radical (unpaired) electrons. The van der Waals surface area contributed by atoms with E-state index < -0.39 is 0 Å². The van der Waals surface area contributed by atoms with Crippen LogP contribution in [0.2, 0.25) is 0 Å². The Hall–Kier alpha value is -1.81. The van der Waals surface area contributed by atoms with Crippen LogP contribution < -0.4 is 5.32 Å². The third-order valence-corrected chi connectivity index (χ3v) is 4.93. The van der Waals surface area contributed by atoms with Gasteiger partial charge in [-0.05, 0) is 43.9 Å². The van der Waals surface area contributed by atoms with Gasteiger partial charge in [-0.2, -0.15) is 0 Å². The summed E-state index contributed by atoms with van der Waals surface area (Å²) in [5.41, 5.74) is 2.39. The number of aromatic nitrogens is 1. The zero-order valence-electron chi connectivity index (χ0n) is 12.8. The van der Waals surface area contributed by atoms with Crippen molar-refractivity contribution in [1.29, 1.82) is 0 Å². The van der Waals surface area contributed by atoms with E-state index in [1.165, 1.54) is 10.9 Å². The first-order valence-corrected chi connectivity index (χ1v) is 8.39. The van der Waals surface area contributed by atoms with Gasteiger partial charge in [0.25, 0.3) is 0 Å². The number of nitrogens with zero attached hydrogens (tertiary/aromatic N) is 1. The van der Waals surface area contributed by atoms with Crippen molar-refractivity contribution in [2.24, 2.45) is 5.92 Å². The third-order valence-electron chi connectivity index (χ3n) is 4.93. The van der Waals surface area contributed by atoms with Gasteiger partial charge in [0.05, 0.1) is 5.92 Å². The summed E-state index contributed by atoms with van der Waals surface area (Å²) in [7, 11) is 0. The van der Waals surface area contributed by atoms with Gasteiger partial charge < -0.3 is 15.2 Å². The first kappa shape index (κ1) is 13.8. The van der Waals surface area contributed by atoms with Crippen molar-refractivity contribution >= 4 is 16.8 Å². The molecule has 4 rings (SSSR count). The van der Waals surface area contributed by atoms with Crippen LogP contribution in [-0.4, -0.2) is 34.9 Å². The van der Waals surface area contributed by atoms with Gasteiger partial charge in [0.1, 0.15) is 0 Å². The van der Waals surface area contributed by atoms with Gasteiger partial charge in [-0.15, -0.1) is 0 Å². The number of carbonyl (C=O) groups is 1. The Kier molecular flexibility index (Phi) is 3.62. The number of fused-ring (bicyclic) bond motifs is 1. The number of carbonyl (C=O) groups excluding carboxylic acids is 1. The van der Waals surface area contributed by atoms with Gasteiger partial charge in [-0.1, -0.05) is 18.2 Å². The summed E-state index contributed by atoms with van der Waals surface area (Å²) in [6.07, 6.45) is 6.53. The number of para-hydroxylation sites is 1. The maximum absolute atomic E-state index is 12.9. The summed E-state index contributed by atoms with van der Waals surface area (Å²) in [5.74, 6) is 0.513. The van der Waals surface area contributed by atoms with Crippen molar-refractivity contribution in [3.05, 3.63) is 36.0 Å². The van der Waals surface area contributed by atoms with E-state index in [0.29, 0.717) is 11.9 Å². The van der Waals surface area contributed by atoms with Crippen LogP contribution in [0, 0.1) is 5.92 Å². The highest BCUT2D eigenvalue weighted by molar-refractivity contribution is 5.84. The van der Waals surface area contributed by atoms with E-state index in [1.807, 2.05) is 6.07 Å². The fourth-order valence-corrected chi connectivity index (χ4v) is 3.52. The first-order valence-electron chi connectivity index (χ1n) is 8.39. The fraction of sp³-hybridized carbons (Fsp3) is 0.500. The van der Waals surface area contributed by atoms with Gasteiger partial charge in [-0.25, -0.2) is 0 Å². The molecule has 0 spiro atoms. The lowest BCUT2D eigenvalue weighted by Crippen LogP contribution is -2.43. The Labute approximate surface area is 130 Å². The molecule has 1 saturated carbocycles. The molecule has 2 fully saturated rings. The Morgan fingerprint density at radius 3 is 2.86 bits per heavy atom. The lowest BCUT2D eigenvalue weighted by Gasteiger charge is -2.29. The zero-order chi connectivity index (χ0) is 14.9. The normalized spacial score (nSPS) is 21.9. The second kappa shape index (κ2) is 5.76. The molecule has 2 heterocycles. The van der Waals surface area contributed by atoms with Crippen LogP contribution in [0.5, 0.6) is 0 Å². The second-order valence-electron chi connectivity index (χ2n) is 6.60. The summed E-state index contributed by atoms with van der Waals surface area (Å²) in [5, 5.41) is 4.60. The predicted molar refractivity (Wildman–Crippen MR) is 87.5 cm³/mol. The van der Waals surface area contributed by atoms with Crippen LogP contribution >= 0.6 is 0 Å². The van der Waals surface area contributed by atoms with Gasteiger partial charge in [0, 0.05) is 36.2 Å². The van der Waals surface area contributed by atoms with Crippen molar-refractivity contribution in [3.8, 4) is 0 Å². The van der Waals surface area contributed by atoms with Crippen LogP contribution in [0.15, 0.2) is 30.5 Å². The molecule has 4 nitrogen and oxygen atoms in total. The van der Waals surface area contributed by atoms with Crippen LogP contribution in [0.3, 0.4) is 0 Å². The summed E-state index contributed by atoms with van der Waals surface area (Å²) < 4.78 is 0. The number of piperidine rings is 1. The van der Waals surface area contributed by atoms with Gasteiger partial charge in [0.2, 0.25) is 5.91 Å². The van der Waals surface area contributed by atoms with Crippen LogP contribution in [-0.2, 0) is 11.3 Å². The Morgan fingerprint density at radius 2 is 2.09 bits per heavy atom. The number of hydrogen-bond acceptors (Lipinski definition) is 2. The fourth-order valence-electron chi connectivity index (χ4n) is 3.52. The lowest BCUT2D eigenvalue weighted by molar-refractivity contribution is -0.137. The first-order chi connectivity index (χ1) is 10.8. The maximum Gasteiger partial charge on any atom is 0.227 e. The minimum atomic E-state index is 0.166. The van der Waals surface area contributed by atoms with Gasteiger partial charge >= 0.3 is 0 Å². The maximum atomic E-state index is 12.9. The number of amides is 1.